The Bertz CT molecular complexity index is 361. The molecule has 1 aliphatic heterocycles. The van der Waals surface area contributed by atoms with E-state index in [-0.39, 0.29) is 12.8 Å². The Balaban J connectivity index is 2.29. The Morgan fingerprint density at radius 2 is 2.00 bits per heavy atom. The Morgan fingerprint density at radius 1 is 1.25 bits per heavy atom. The standard InChI is InChI=1S/C11H18N2O5S2/c14-9(15)2-1-8(10(16)17)13-11(18)12-5-7-6-19-3-4-20-7/h7-8H,1-6H2,(H,14,15)(H,16,17)(H2,12,13,18)/t7?,8-/m0/s1. The van der Waals surface area contributed by atoms with Gasteiger partial charge >= 0.3 is 18.0 Å². The minimum atomic E-state index is -1.23. The molecule has 1 aliphatic rings. The summed E-state index contributed by atoms with van der Waals surface area (Å²) in [7, 11) is 0. The van der Waals surface area contributed by atoms with Crippen LogP contribution in [0.25, 0.3) is 0 Å². The van der Waals surface area contributed by atoms with Gasteiger partial charge in [0.15, 0.2) is 0 Å². The van der Waals surface area contributed by atoms with Gasteiger partial charge in [-0.3, -0.25) is 4.79 Å². The predicted molar refractivity (Wildman–Crippen MR) is 78.4 cm³/mol. The van der Waals surface area contributed by atoms with E-state index in [2.05, 4.69) is 10.6 Å². The van der Waals surface area contributed by atoms with Crippen LogP contribution in [0.2, 0.25) is 0 Å². The van der Waals surface area contributed by atoms with E-state index >= 15 is 0 Å². The fraction of sp³-hybridized carbons (Fsp3) is 0.727. The van der Waals surface area contributed by atoms with Crippen molar-refractivity contribution in [3.63, 3.8) is 0 Å². The maximum atomic E-state index is 11.6. The first-order valence-corrected chi connectivity index (χ1v) is 8.37. The zero-order chi connectivity index (χ0) is 15.0. The molecule has 1 rings (SSSR count). The van der Waals surface area contributed by atoms with Gasteiger partial charge in [-0.25, -0.2) is 9.59 Å². The quantitative estimate of drug-likeness (QED) is 0.538. The fourth-order valence-corrected chi connectivity index (χ4v) is 4.21. The number of thioether (sulfide) groups is 2. The molecule has 0 aromatic carbocycles. The number of hydrogen-bond acceptors (Lipinski definition) is 5. The van der Waals surface area contributed by atoms with Crippen LogP contribution in [-0.4, -0.2) is 63.3 Å². The second kappa shape index (κ2) is 8.96. The van der Waals surface area contributed by atoms with Crippen molar-refractivity contribution in [1.29, 1.82) is 0 Å². The summed E-state index contributed by atoms with van der Waals surface area (Å²) in [5.74, 6) is 0.809. The SMILES string of the molecule is O=C(O)CC[C@H](NC(=O)NCC1CSCCS1)C(=O)O. The van der Waals surface area contributed by atoms with E-state index in [1.54, 1.807) is 11.8 Å². The monoisotopic (exact) mass is 322 g/mol. The summed E-state index contributed by atoms with van der Waals surface area (Å²) < 4.78 is 0. The Hall–Kier alpha value is -1.09. The van der Waals surface area contributed by atoms with Crippen LogP contribution < -0.4 is 10.6 Å². The Kier molecular flexibility index (Phi) is 7.60. The van der Waals surface area contributed by atoms with Gasteiger partial charge in [0.05, 0.1) is 0 Å². The third kappa shape index (κ3) is 6.90. The van der Waals surface area contributed by atoms with Gasteiger partial charge in [0.2, 0.25) is 0 Å². The second-order valence-electron chi connectivity index (χ2n) is 4.25. The van der Waals surface area contributed by atoms with E-state index in [0.29, 0.717) is 11.8 Å². The Labute approximate surface area is 125 Å². The van der Waals surface area contributed by atoms with Gasteiger partial charge in [-0.2, -0.15) is 23.5 Å². The molecule has 0 aromatic heterocycles. The number of carbonyl (C=O) groups excluding carboxylic acids is 1. The van der Waals surface area contributed by atoms with Crippen LogP contribution in [0.4, 0.5) is 4.79 Å². The third-order valence-electron chi connectivity index (χ3n) is 2.63. The molecule has 0 spiro atoms. The molecule has 0 aliphatic carbocycles. The smallest absolute Gasteiger partial charge is 0.326 e. The molecule has 7 nitrogen and oxygen atoms in total. The van der Waals surface area contributed by atoms with Gasteiger partial charge in [-0.05, 0) is 6.42 Å². The number of rotatable bonds is 7. The van der Waals surface area contributed by atoms with E-state index in [0.717, 1.165) is 17.3 Å². The fourth-order valence-electron chi connectivity index (χ4n) is 1.60. The lowest BCUT2D eigenvalue weighted by Crippen LogP contribution is -2.47. The lowest BCUT2D eigenvalue weighted by atomic mass is 10.1. The molecular weight excluding hydrogens is 304 g/mol. The van der Waals surface area contributed by atoms with Gasteiger partial charge in [0.25, 0.3) is 0 Å². The van der Waals surface area contributed by atoms with Crippen LogP contribution in [-0.2, 0) is 9.59 Å². The lowest BCUT2D eigenvalue weighted by molar-refractivity contribution is -0.140. The number of amides is 2. The number of aliphatic carboxylic acids is 2. The highest BCUT2D eigenvalue weighted by atomic mass is 32.2. The Morgan fingerprint density at radius 3 is 2.55 bits per heavy atom. The van der Waals surface area contributed by atoms with E-state index in [1.165, 1.54) is 0 Å². The average Bonchev–Trinajstić information content (AvgIpc) is 2.41. The van der Waals surface area contributed by atoms with Crippen molar-refractivity contribution in [3.8, 4) is 0 Å². The van der Waals surface area contributed by atoms with Gasteiger partial charge < -0.3 is 20.8 Å². The molecule has 0 aromatic rings. The molecule has 0 bridgehead atoms. The topological polar surface area (TPSA) is 116 Å². The van der Waals surface area contributed by atoms with Crippen LogP contribution in [0.1, 0.15) is 12.8 Å². The molecule has 9 heteroatoms. The zero-order valence-corrected chi connectivity index (χ0v) is 12.5. The molecule has 2 amide bonds. The number of carboxylic acid groups (broad SMARTS) is 2. The van der Waals surface area contributed by atoms with Crippen LogP contribution in [0.5, 0.6) is 0 Å². The summed E-state index contributed by atoms with van der Waals surface area (Å²) in [6, 6.07) is -1.75. The molecule has 1 fully saturated rings. The normalized spacial score (nSPS) is 19.9. The van der Waals surface area contributed by atoms with Crippen molar-refractivity contribution in [1.82, 2.24) is 10.6 Å². The molecule has 0 radical (unpaired) electrons. The van der Waals surface area contributed by atoms with Crippen molar-refractivity contribution < 1.29 is 24.6 Å². The lowest BCUT2D eigenvalue weighted by Gasteiger charge is -2.22. The largest absolute Gasteiger partial charge is 0.481 e. The van der Waals surface area contributed by atoms with Crippen molar-refractivity contribution in [2.75, 3.05) is 23.8 Å². The minimum absolute atomic E-state index is 0.133. The highest BCUT2D eigenvalue weighted by Crippen LogP contribution is 2.23. The highest BCUT2D eigenvalue weighted by molar-refractivity contribution is 8.06. The highest BCUT2D eigenvalue weighted by Gasteiger charge is 2.21. The van der Waals surface area contributed by atoms with Gasteiger partial charge in [-0.15, -0.1) is 0 Å². The number of carbonyl (C=O) groups is 3. The van der Waals surface area contributed by atoms with Crippen LogP contribution in [0.3, 0.4) is 0 Å². The number of hydrogen-bond donors (Lipinski definition) is 4. The average molecular weight is 322 g/mol. The number of carboxylic acids is 2. The van der Waals surface area contributed by atoms with E-state index in [9.17, 15) is 14.4 Å². The van der Waals surface area contributed by atoms with E-state index in [4.69, 9.17) is 10.2 Å². The molecule has 1 unspecified atom stereocenters. The molecule has 1 heterocycles. The first-order chi connectivity index (χ1) is 9.49. The zero-order valence-electron chi connectivity index (χ0n) is 10.8. The van der Waals surface area contributed by atoms with Gasteiger partial charge in [-0.1, -0.05) is 0 Å². The summed E-state index contributed by atoms with van der Waals surface area (Å²) >= 11 is 3.62. The minimum Gasteiger partial charge on any atom is -0.481 e. The second-order valence-corrected chi connectivity index (χ2v) is 6.80. The van der Waals surface area contributed by atoms with Crippen LogP contribution in [0, 0.1) is 0 Å². The van der Waals surface area contributed by atoms with E-state index in [1.807, 2.05) is 11.8 Å². The van der Waals surface area contributed by atoms with Crippen LogP contribution >= 0.6 is 23.5 Å². The van der Waals surface area contributed by atoms with Crippen molar-refractivity contribution >= 4 is 41.5 Å². The molecule has 2 atom stereocenters. The summed E-state index contributed by atoms with van der Waals surface area (Å²) in [4.78, 5) is 32.9. The maximum Gasteiger partial charge on any atom is 0.326 e. The summed E-state index contributed by atoms with van der Waals surface area (Å²) in [5, 5.41) is 22.7. The molecule has 114 valence electrons. The first-order valence-electron chi connectivity index (χ1n) is 6.17. The summed E-state index contributed by atoms with van der Waals surface area (Å²) in [6.07, 6.45) is -0.432. The van der Waals surface area contributed by atoms with Crippen molar-refractivity contribution in [2.45, 2.75) is 24.1 Å². The summed E-state index contributed by atoms with van der Waals surface area (Å²) in [5.41, 5.74) is 0. The molecule has 4 N–H and O–H groups in total. The predicted octanol–water partition coefficient (Wildman–Crippen LogP) is 0.452. The van der Waals surface area contributed by atoms with Gasteiger partial charge in [0, 0.05) is 35.5 Å². The van der Waals surface area contributed by atoms with Crippen molar-refractivity contribution in [3.05, 3.63) is 0 Å². The number of urea groups is 1. The van der Waals surface area contributed by atoms with E-state index < -0.39 is 24.0 Å². The maximum absolute atomic E-state index is 11.6. The summed E-state index contributed by atoms with van der Waals surface area (Å²) in [6.45, 7) is 0.481. The molecule has 0 saturated carbocycles. The molecule has 20 heavy (non-hydrogen) atoms. The first kappa shape index (κ1) is 17.0. The molecule has 1 saturated heterocycles. The van der Waals surface area contributed by atoms with Gasteiger partial charge in [0.1, 0.15) is 6.04 Å². The van der Waals surface area contributed by atoms with Crippen LogP contribution in [0.15, 0.2) is 0 Å². The number of nitrogens with one attached hydrogen (secondary N) is 2. The molecular formula is C11H18N2O5S2. The third-order valence-corrected chi connectivity index (χ3v) is 5.47. The van der Waals surface area contributed by atoms with Crippen molar-refractivity contribution in [2.24, 2.45) is 0 Å².